The first-order valence-electron chi connectivity index (χ1n) is 9.75. The molecular formula is C18H32N4O7S2. The number of carboxylic acids is 2. The van der Waals surface area contributed by atoms with E-state index in [0.717, 1.165) is 0 Å². The average molecular weight is 481 g/mol. The number of nitrogens with two attached hydrogens (primary N) is 1. The molecule has 0 aromatic heterocycles. The van der Waals surface area contributed by atoms with Gasteiger partial charge in [-0.25, -0.2) is 4.79 Å². The van der Waals surface area contributed by atoms with Gasteiger partial charge in [-0.15, -0.1) is 0 Å². The van der Waals surface area contributed by atoms with Gasteiger partial charge in [-0.1, -0.05) is 13.8 Å². The molecule has 0 unspecified atom stereocenters. The molecular weight excluding hydrogens is 448 g/mol. The van der Waals surface area contributed by atoms with Crippen LogP contribution in [0.1, 0.15) is 39.5 Å². The van der Waals surface area contributed by atoms with Crippen LogP contribution >= 0.6 is 25.3 Å². The fraction of sp³-hybridized carbons (Fsp3) is 0.722. The lowest BCUT2D eigenvalue weighted by atomic mass is 10.0. The lowest BCUT2D eigenvalue weighted by Gasteiger charge is -2.25. The SMILES string of the molecule is CC(C)C[C@H](NC(=O)[C@H](CCC(=O)O)NC(=O)[C@@H](N)CCS)C(=O)N[C@@H](CS)C(=O)O. The maximum Gasteiger partial charge on any atom is 0.327 e. The smallest absolute Gasteiger partial charge is 0.327 e. The van der Waals surface area contributed by atoms with Crippen molar-refractivity contribution in [3.63, 3.8) is 0 Å². The summed E-state index contributed by atoms with van der Waals surface area (Å²) in [5, 5.41) is 25.2. The monoisotopic (exact) mass is 480 g/mol. The first-order chi connectivity index (χ1) is 14.4. The fourth-order valence-electron chi connectivity index (χ4n) is 2.52. The number of hydrogen-bond acceptors (Lipinski definition) is 8. The zero-order chi connectivity index (χ0) is 24.1. The number of carboxylic acid groups (broad SMARTS) is 2. The molecule has 7 N–H and O–H groups in total. The first-order valence-corrected chi connectivity index (χ1v) is 11.0. The van der Waals surface area contributed by atoms with Gasteiger partial charge in [0.15, 0.2) is 0 Å². The van der Waals surface area contributed by atoms with E-state index in [1.54, 1.807) is 13.8 Å². The molecule has 0 fully saturated rings. The van der Waals surface area contributed by atoms with Gasteiger partial charge >= 0.3 is 11.9 Å². The molecule has 0 saturated heterocycles. The van der Waals surface area contributed by atoms with Crippen LogP contribution in [0, 0.1) is 5.92 Å². The van der Waals surface area contributed by atoms with Crippen LogP contribution in [-0.2, 0) is 24.0 Å². The Hall–Kier alpha value is -1.99. The first kappa shape index (κ1) is 29.0. The maximum atomic E-state index is 12.8. The Morgan fingerprint density at radius 1 is 0.839 bits per heavy atom. The van der Waals surface area contributed by atoms with Crippen LogP contribution in [0.4, 0.5) is 0 Å². The van der Waals surface area contributed by atoms with Gasteiger partial charge in [0.05, 0.1) is 6.04 Å². The molecule has 0 aromatic carbocycles. The normalized spacial score (nSPS) is 14.8. The molecule has 4 atom stereocenters. The van der Waals surface area contributed by atoms with Crippen LogP contribution in [-0.4, -0.2) is 75.5 Å². The van der Waals surface area contributed by atoms with E-state index in [1.165, 1.54) is 0 Å². The molecule has 0 aromatic rings. The molecule has 0 rings (SSSR count). The molecule has 13 heteroatoms. The van der Waals surface area contributed by atoms with E-state index in [2.05, 4.69) is 41.2 Å². The van der Waals surface area contributed by atoms with Gasteiger partial charge in [-0.05, 0) is 30.9 Å². The minimum absolute atomic E-state index is 0.0359. The zero-order valence-corrected chi connectivity index (χ0v) is 19.3. The van der Waals surface area contributed by atoms with Crippen LogP contribution in [0.25, 0.3) is 0 Å². The average Bonchev–Trinajstić information content (AvgIpc) is 2.67. The molecule has 0 radical (unpaired) electrons. The summed E-state index contributed by atoms with van der Waals surface area (Å²) in [6.45, 7) is 3.61. The van der Waals surface area contributed by atoms with Crippen molar-refractivity contribution in [2.45, 2.75) is 63.7 Å². The van der Waals surface area contributed by atoms with E-state index in [1.807, 2.05) is 0 Å². The number of thiol groups is 2. The van der Waals surface area contributed by atoms with Crippen molar-refractivity contribution in [3.05, 3.63) is 0 Å². The predicted molar refractivity (Wildman–Crippen MR) is 120 cm³/mol. The second-order valence-electron chi connectivity index (χ2n) is 7.39. The summed E-state index contributed by atoms with van der Waals surface area (Å²) in [6, 6.07) is -4.51. The largest absolute Gasteiger partial charge is 0.481 e. The Labute approximate surface area is 192 Å². The number of amides is 3. The molecule has 0 aliphatic carbocycles. The topological polar surface area (TPSA) is 188 Å². The summed E-state index contributed by atoms with van der Waals surface area (Å²) < 4.78 is 0. The van der Waals surface area contributed by atoms with E-state index < -0.39 is 60.2 Å². The lowest BCUT2D eigenvalue weighted by molar-refractivity contribution is -0.141. The number of carbonyl (C=O) groups is 5. The summed E-state index contributed by atoms with van der Waals surface area (Å²) in [4.78, 5) is 59.6. The van der Waals surface area contributed by atoms with Gasteiger partial charge in [-0.3, -0.25) is 19.2 Å². The lowest BCUT2D eigenvalue weighted by Crippen LogP contribution is -2.57. The number of carbonyl (C=O) groups excluding carboxylic acids is 3. The Morgan fingerprint density at radius 3 is 1.81 bits per heavy atom. The highest BCUT2D eigenvalue weighted by Crippen LogP contribution is 2.08. The molecule has 31 heavy (non-hydrogen) atoms. The van der Waals surface area contributed by atoms with Crippen molar-refractivity contribution in [1.29, 1.82) is 0 Å². The predicted octanol–water partition coefficient (Wildman–Crippen LogP) is -0.987. The van der Waals surface area contributed by atoms with Crippen LogP contribution in [0.3, 0.4) is 0 Å². The summed E-state index contributed by atoms with van der Waals surface area (Å²) in [7, 11) is 0. The summed E-state index contributed by atoms with van der Waals surface area (Å²) in [6.07, 6.45) is -0.178. The van der Waals surface area contributed by atoms with Crippen LogP contribution in [0.5, 0.6) is 0 Å². The number of hydrogen-bond donors (Lipinski definition) is 8. The quantitative estimate of drug-likeness (QED) is 0.137. The number of rotatable bonds is 15. The van der Waals surface area contributed by atoms with Crippen molar-refractivity contribution < 1.29 is 34.2 Å². The molecule has 3 amide bonds. The number of aliphatic carboxylic acids is 2. The Bertz CT molecular complexity index is 648. The fourth-order valence-corrected chi connectivity index (χ4v) is 3.04. The molecule has 178 valence electrons. The van der Waals surface area contributed by atoms with Gasteiger partial charge in [-0.2, -0.15) is 25.3 Å². The van der Waals surface area contributed by atoms with E-state index in [4.69, 9.17) is 15.9 Å². The van der Waals surface area contributed by atoms with Gasteiger partial charge in [0.2, 0.25) is 17.7 Å². The molecule has 0 aliphatic heterocycles. The minimum Gasteiger partial charge on any atom is -0.481 e. The Kier molecular flexibility index (Phi) is 14.0. The second-order valence-corrected chi connectivity index (χ2v) is 8.20. The van der Waals surface area contributed by atoms with Gasteiger partial charge in [0.25, 0.3) is 0 Å². The second kappa shape index (κ2) is 14.9. The van der Waals surface area contributed by atoms with E-state index in [9.17, 15) is 24.0 Å². The Morgan fingerprint density at radius 2 is 1.35 bits per heavy atom. The third-order valence-electron chi connectivity index (χ3n) is 4.19. The third-order valence-corrected chi connectivity index (χ3v) is 4.82. The van der Waals surface area contributed by atoms with Crippen molar-refractivity contribution in [3.8, 4) is 0 Å². The highest BCUT2D eigenvalue weighted by atomic mass is 32.1. The molecule has 0 spiro atoms. The van der Waals surface area contributed by atoms with Gasteiger partial charge < -0.3 is 31.9 Å². The molecule has 0 heterocycles. The summed E-state index contributed by atoms with van der Waals surface area (Å²) in [5.74, 6) is -4.43. The van der Waals surface area contributed by atoms with Gasteiger partial charge in [0, 0.05) is 12.2 Å². The van der Waals surface area contributed by atoms with Gasteiger partial charge in [0.1, 0.15) is 18.1 Å². The highest BCUT2D eigenvalue weighted by Gasteiger charge is 2.30. The van der Waals surface area contributed by atoms with Crippen molar-refractivity contribution >= 4 is 54.9 Å². The van der Waals surface area contributed by atoms with E-state index >= 15 is 0 Å². The van der Waals surface area contributed by atoms with Crippen LogP contribution < -0.4 is 21.7 Å². The van der Waals surface area contributed by atoms with Crippen molar-refractivity contribution in [1.82, 2.24) is 16.0 Å². The number of nitrogens with one attached hydrogen (secondary N) is 3. The summed E-state index contributed by atoms with van der Waals surface area (Å²) in [5.41, 5.74) is 5.71. The molecule has 0 saturated carbocycles. The minimum atomic E-state index is -1.28. The van der Waals surface area contributed by atoms with Crippen LogP contribution in [0.2, 0.25) is 0 Å². The van der Waals surface area contributed by atoms with E-state index in [0.29, 0.717) is 5.75 Å². The van der Waals surface area contributed by atoms with Crippen LogP contribution in [0.15, 0.2) is 0 Å². The zero-order valence-electron chi connectivity index (χ0n) is 17.5. The third kappa shape index (κ3) is 11.8. The van der Waals surface area contributed by atoms with Crippen molar-refractivity contribution in [2.24, 2.45) is 11.7 Å². The molecule has 0 bridgehead atoms. The standard InChI is InChI=1S/C18H32N4O7S2/c1-9(2)7-12(17(27)22-13(8-31)18(28)29)21-16(26)11(3-4-14(23)24)20-15(25)10(19)5-6-30/h9-13,30-31H,3-8,19H2,1-2H3,(H,20,25)(H,21,26)(H,22,27)(H,23,24)(H,28,29)/t10-,11-,12-,13-/m0/s1. The molecule has 11 nitrogen and oxygen atoms in total. The van der Waals surface area contributed by atoms with E-state index in [-0.39, 0.29) is 30.9 Å². The Balaban J connectivity index is 5.43. The maximum absolute atomic E-state index is 12.8. The summed E-state index contributed by atoms with van der Waals surface area (Å²) >= 11 is 7.88. The van der Waals surface area contributed by atoms with Crippen molar-refractivity contribution in [2.75, 3.05) is 11.5 Å². The molecule has 0 aliphatic rings. The highest BCUT2D eigenvalue weighted by molar-refractivity contribution is 7.80.